The monoisotopic (exact) mass is 190 g/mol. The van der Waals surface area contributed by atoms with Crippen LogP contribution < -0.4 is 15.8 Å². The third-order valence-electron chi connectivity index (χ3n) is 3.18. The molecule has 3 rings (SSSR count). The van der Waals surface area contributed by atoms with Crippen LogP contribution in [0.1, 0.15) is 12.8 Å². The molecule has 1 aromatic carbocycles. The Morgan fingerprint density at radius 3 is 3.00 bits per heavy atom. The molecule has 1 saturated carbocycles. The zero-order valence-corrected chi connectivity index (χ0v) is 8.05. The van der Waals surface area contributed by atoms with E-state index in [0.29, 0.717) is 5.41 Å². The van der Waals surface area contributed by atoms with Crippen LogP contribution in [-0.4, -0.2) is 13.2 Å². The second-order valence-corrected chi connectivity index (χ2v) is 4.37. The number of hydrogen-bond donors (Lipinski definition) is 2. The summed E-state index contributed by atoms with van der Waals surface area (Å²) < 4.78 is 5.77. The summed E-state index contributed by atoms with van der Waals surface area (Å²) in [4.78, 5) is 0. The molecule has 0 bridgehead atoms. The van der Waals surface area contributed by atoms with E-state index in [9.17, 15) is 0 Å². The van der Waals surface area contributed by atoms with Gasteiger partial charge >= 0.3 is 0 Å². The first-order valence-corrected chi connectivity index (χ1v) is 5.04. The van der Waals surface area contributed by atoms with Crippen LogP contribution in [0.3, 0.4) is 0 Å². The molecule has 1 spiro atoms. The third-order valence-corrected chi connectivity index (χ3v) is 3.18. The summed E-state index contributed by atoms with van der Waals surface area (Å²) in [5.41, 5.74) is 8.01. The van der Waals surface area contributed by atoms with Crippen molar-refractivity contribution in [2.75, 3.05) is 24.2 Å². The number of ether oxygens (including phenoxy) is 1. The zero-order valence-electron chi connectivity index (χ0n) is 8.05. The molecule has 3 N–H and O–H groups in total. The fourth-order valence-corrected chi connectivity index (χ4v) is 1.91. The van der Waals surface area contributed by atoms with E-state index in [1.54, 1.807) is 0 Å². The fourth-order valence-electron chi connectivity index (χ4n) is 1.91. The average molecular weight is 190 g/mol. The van der Waals surface area contributed by atoms with Gasteiger partial charge in [-0.25, -0.2) is 0 Å². The van der Waals surface area contributed by atoms with Gasteiger partial charge in [0.1, 0.15) is 0 Å². The van der Waals surface area contributed by atoms with Crippen LogP contribution in [-0.2, 0) is 0 Å². The minimum Gasteiger partial charge on any atom is -0.489 e. The first-order chi connectivity index (χ1) is 6.79. The molecular formula is C11H14N2O. The molecule has 0 amide bonds. The highest BCUT2D eigenvalue weighted by molar-refractivity contribution is 5.69. The Balaban J connectivity index is 1.96. The Kier molecular flexibility index (Phi) is 1.46. The maximum atomic E-state index is 5.85. The van der Waals surface area contributed by atoms with Gasteiger partial charge in [-0.15, -0.1) is 0 Å². The molecular weight excluding hydrogens is 176 g/mol. The molecule has 3 heteroatoms. The van der Waals surface area contributed by atoms with E-state index in [1.165, 1.54) is 12.8 Å². The van der Waals surface area contributed by atoms with Crippen LogP contribution in [0.2, 0.25) is 0 Å². The second kappa shape index (κ2) is 2.56. The van der Waals surface area contributed by atoms with Crippen LogP contribution in [0.4, 0.5) is 11.4 Å². The third kappa shape index (κ3) is 1.12. The lowest BCUT2D eigenvalue weighted by Crippen LogP contribution is -2.18. The summed E-state index contributed by atoms with van der Waals surface area (Å²) in [6, 6.07) is 5.86. The lowest BCUT2D eigenvalue weighted by molar-refractivity contribution is 0.252. The van der Waals surface area contributed by atoms with Crippen molar-refractivity contribution in [1.29, 1.82) is 0 Å². The van der Waals surface area contributed by atoms with Crippen LogP contribution in [0, 0.1) is 5.41 Å². The first kappa shape index (κ1) is 7.97. The molecule has 1 aliphatic carbocycles. The molecule has 74 valence electrons. The van der Waals surface area contributed by atoms with Gasteiger partial charge < -0.3 is 15.8 Å². The minimum atomic E-state index is 0.394. The van der Waals surface area contributed by atoms with Crippen molar-refractivity contribution in [1.82, 2.24) is 0 Å². The Hall–Kier alpha value is -1.38. The van der Waals surface area contributed by atoms with Crippen molar-refractivity contribution in [3.63, 3.8) is 0 Å². The first-order valence-electron chi connectivity index (χ1n) is 5.04. The van der Waals surface area contributed by atoms with Gasteiger partial charge in [-0.3, -0.25) is 0 Å². The standard InChI is InChI=1S/C11H14N2O/c12-8-2-1-3-9-10(8)14-7-11(4-5-11)6-13-9/h1-3,13H,4-7,12H2. The highest BCUT2D eigenvalue weighted by Gasteiger charge is 2.44. The SMILES string of the molecule is Nc1cccc2c1OCC1(CC1)CN2. The molecule has 1 fully saturated rings. The molecule has 3 nitrogen and oxygen atoms in total. The molecule has 0 aromatic heterocycles. The molecule has 2 aliphatic rings. The van der Waals surface area contributed by atoms with E-state index in [4.69, 9.17) is 10.5 Å². The smallest absolute Gasteiger partial charge is 0.165 e. The summed E-state index contributed by atoms with van der Waals surface area (Å²) in [6.45, 7) is 1.82. The maximum Gasteiger partial charge on any atom is 0.165 e. The van der Waals surface area contributed by atoms with Gasteiger partial charge in [-0.05, 0) is 25.0 Å². The van der Waals surface area contributed by atoms with Gasteiger partial charge in [0, 0.05) is 12.0 Å². The number of nitrogens with one attached hydrogen (secondary N) is 1. The average Bonchev–Trinajstić information content (AvgIpc) is 2.96. The fraction of sp³-hybridized carbons (Fsp3) is 0.455. The summed E-state index contributed by atoms with van der Waals surface area (Å²) in [5, 5.41) is 3.41. The number of para-hydroxylation sites is 1. The molecule has 1 aliphatic heterocycles. The number of fused-ring (bicyclic) bond motifs is 1. The van der Waals surface area contributed by atoms with E-state index in [1.807, 2.05) is 18.2 Å². The molecule has 0 saturated heterocycles. The van der Waals surface area contributed by atoms with Gasteiger partial charge in [0.05, 0.1) is 18.0 Å². The van der Waals surface area contributed by atoms with Crippen molar-refractivity contribution in [3.8, 4) is 5.75 Å². The zero-order chi connectivity index (χ0) is 9.60. The Morgan fingerprint density at radius 2 is 2.21 bits per heavy atom. The number of hydrogen-bond acceptors (Lipinski definition) is 3. The lowest BCUT2D eigenvalue weighted by atomic mass is 10.1. The number of anilines is 2. The van der Waals surface area contributed by atoms with Gasteiger partial charge in [0.15, 0.2) is 5.75 Å². The van der Waals surface area contributed by atoms with Crippen molar-refractivity contribution >= 4 is 11.4 Å². The second-order valence-electron chi connectivity index (χ2n) is 4.37. The molecule has 1 heterocycles. The summed E-state index contributed by atoms with van der Waals surface area (Å²) >= 11 is 0. The Morgan fingerprint density at radius 1 is 1.36 bits per heavy atom. The molecule has 0 atom stereocenters. The predicted molar refractivity (Wildman–Crippen MR) is 56.5 cm³/mol. The van der Waals surface area contributed by atoms with Gasteiger partial charge in [0.25, 0.3) is 0 Å². The number of nitrogens with two attached hydrogens (primary N) is 1. The van der Waals surface area contributed by atoms with E-state index < -0.39 is 0 Å². The summed E-state index contributed by atoms with van der Waals surface area (Å²) in [7, 11) is 0. The quantitative estimate of drug-likeness (QED) is 0.614. The highest BCUT2D eigenvalue weighted by atomic mass is 16.5. The van der Waals surface area contributed by atoms with Crippen LogP contribution in [0.25, 0.3) is 0 Å². The number of nitrogen functional groups attached to an aromatic ring is 1. The minimum absolute atomic E-state index is 0.394. The lowest BCUT2D eigenvalue weighted by Gasteiger charge is -2.10. The normalized spacial score (nSPS) is 21.7. The largest absolute Gasteiger partial charge is 0.489 e. The van der Waals surface area contributed by atoms with E-state index in [-0.39, 0.29) is 0 Å². The summed E-state index contributed by atoms with van der Waals surface area (Å²) in [5.74, 6) is 0.830. The predicted octanol–water partition coefficient (Wildman–Crippen LogP) is 1.85. The van der Waals surface area contributed by atoms with Gasteiger partial charge in [-0.2, -0.15) is 0 Å². The van der Waals surface area contributed by atoms with Crippen LogP contribution in [0.5, 0.6) is 5.75 Å². The van der Waals surface area contributed by atoms with Gasteiger partial charge in [-0.1, -0.05) is 6.07 Å². The topological polar surface area (TPSA) is 47.3 Å². The molecule has 14 heavy (non-hydrogen) atoms. The van der Waals surface area contributed by atoms with Crippen molar-refractivity contribution in [2.24, 2.45) is 5.41 Å². The highest BCUT2D eigenvalue weighted by Crippen LogP contribution is 2.49. The van der Waals surface area contributed by atoms with Crippen molar-refractivity contribution < 1.29 is 4.74 Å². The van der Waals surface area contributed by atoms with E-state index in [2.05, 4.69) is 5.32 Å². The summed E-state index contributed by atoms with van der Waals surface area (Å²) in [6.07, 6.45) is 2.54. The van der Waals surface area contributed by atoms with Crippen molar-refractivity contribution in [3.05, 3.63) is 18.2 Å². The molecule has 0 radical (unpaired) electrons. The van der Waals surface area contributed by atoms with E-state index >= 15 is 0 Å². The van der Waals surface area contributed by atoms with Crippen molar-refractivity contribution in [2.45, 2.75) is 12.8 Å². The number of benzene rings is 1. The maximum absolute atomic E-state index is 5.85. The van der Waals surface area contributed by atoms with E-state index in [0.717, 1.165) is 30.3 Å². The molecule has 1 aromatic rings. The Bertz CT molecular complexity index is 372. The van der Waals surface area contributed by atoms with Crippen LogP contribution >= 0.6 is 0 Å². The number of rotatable bonds is 0. The van der Waals surface area contributed by atoms with Gasteiger partial charge in [0.2, 0.25) is 0 Å². The van der Waals surface area contributed by atoms with Crippen LogP contribution in [0.15, 0.2) is 18.2 Å². The molecule has 0 unspecified atom stereocenters. The Labute approximate surface area is 83.2 Å².